The van der Waals surface area contributed by atoms with Crippen molar-refractivity contribution in [2.24, 2.45) is 0 Å². The molecule has 0 spiro atoms. The van der Waals surface area contributed by atoms with E-state index in [0.717, 1.165) is 35.5 Å². The number of nitrogens with zero attached hydrogens (tertiary/aromatic N) is 1. The lowest BCUT2D eigenvalue weighted by atomic mass is 10.1. The molecular weight excluding hydrogens is 326 g/mol. The van der Waals surface area contributed by atoms with Crippen LogP contribution in [0.25, 0.3) is 0 Å². The molecule has 2 N–H and O–H groups in total. The highest BCUT2D eigenvalue weighted by atomic mass is 32.2. The molecule has 2 heterocycles. The maximum absolute atomic E-state index is 12.6. The van der Waals surface area contributed by atoms with Crippen LogP contribution in [-0.4, -0.2) is 37.4 Å². The third-order valence-electron chi connectivity index (χ3n) is 4.16. The summed E-state index contributed by atoms with van der Waals surface area (Å²) in [5.41, 5.74) is 1.33. The predicted molar refractivity (Wildman–Crippen MR) is 91.6 cm³/mol. The first-order chi connectivity index (χ1) is 11.5. The molecule has 0 bridgehead atoms. The minimum absolute atomic E-state index is 0.0864. The van der Waals surface area contributed by atoms with Gasteiger partial charge in [0.2, 0.25) is 0 Å². The highest BCUT2D eigenvalue weighted by molar-refractivity contribution is 7.90. The van der Waals surface area contributed by atoms with Crippen LogP contribution in [0.2, 0.25) is 0 Å². The number of rotatable bonds is 4. The molecule has 1 unspecified atom stereocenters. The normalized spacial score (nSPS) is 18.3. The van der Waals surface area contributed by atoms with E-state index in [4.69, 9.17) is 0 Å². The molecule has 6 nitrogen and oxygen atoms in total. The average molecular weight is 347 g/mol. The van der Waals surface area contributed by atoms with E-state index in [-0.39, 0.29) is 16.8 Å². The van der Waals surface area contributed by atoms with Gasteiger partial charge in [-0.15, -0.1) is 0 Å². The first-order valence-corrected chi connectivity index (χ1v) is 9.42. The van der Waals surface area contributed by atoms with Crippen molar-refractivity contribution in [3.8, 4) is 0 Å². The van der Waals surface area contributed by atoms with Crippen molar-refractivity contribution >= 4 is 15.9 Å². The Morgan fingerprint density at radius 1 is 1.25 bits per heavy atom. The van der Waals surface area contributed by atoms with Crippen LogP contribution < -0.4 is 10.6 Å². The van der Waals surface area contributed by atoms with E-state index in [2.05, 4.69) is 10.6 Å². The Bertz CT molecular complexity index is 819. The second kappa shape index (κ2) is 6.78. The molecule has 1 aromatic heterocycles. The summed E-state index contributed by atoms with van der Waals surface area (Å²) in [5, 5.41) is 6.17. The largest absolute Gasteiger partial charge is 0.348 e. The van der Waals surface area contributed by atoms with Crippen molar-refractivity contribution in [3.63, 3.8) is 0 Å². The van der Waals surface area contributed by atoms with Crippen molar-refractivity contribution in [1.82, 2.24) is 14.6 Å². The number of carbonyl (C=O) groups excluding carboxylic acids is 1. The summed E-state index contributed by atoms with van der Waals surface area (Å²) in [6.45, 7) is 3.61. The first kappa shape index (κ1) is 16.7. The van der Waals surface area contributed by atoms with Gasteiger partial charge < -0.3 is 10.6 Å². The molecule has 0 aliphatic carbocycles. The molecule has 2 aromatic rings. The fraction of sp³-hybridized carbons (Fsp3) is 0.353. The van der Waals surface area contributed by atoms with E-state index in [0.29, 0.717) is 5.56 Å². The van der Waals surface area contributed by atoms with E-state index in [9.17, 15) is 13.2 Å². The second-order valence-corrected chi connectivity index (χ2v) is 7.91. The zero-order chi connectivity index (χ0) is 17.2. The molecular formula is C17H21N3O3S. The third-order valence-corrected chi connectivity index (χ3v) is 5.81. The molecule has 24 heavy (non-hydrogen) atoms. The maximum atomic E-state index is 12.6. The Labute approximate surface area is 141 Å². The fourth-order valence-corrected chi connectivity index (χ4v) is 3.93. The van der Waals surface area contributed by atoms with Gasteiger partial charge in [0.05, 0.1) is 10.5 Å². The summed E-state index contributed by atoms with van der Waals surface area (Å²) in [4.78, 5) is 12.5. The second-order valence-electron chi connectivity index (χ2n) is 6.06. The number of nitrogens with one attached hydrogen (secondary N) is 2. The Kier molecular flexibility index (Phi) is 4.73. The Morgan fingerprint density at radius 3 is 2.67 bits per heavy atom. The SMILES string of the molecule is Cc1ccc(S(=O)(=O)n2ccc(C(=O)NC3CCCNC3)c2)cc1. The lowest BCUT2D eigenvalue weighted by Crippen LogP contribution is -2.45. The molecule has 1 amide bonds. The summed E-state index contributed by atoms with van der Waals surface area (Å²) < 4.78 is 26.3. The maximum Gasteiger partial charge on any atom is 0.267 e. The third kappa shape index (κ3) is 3.52. The zero-order valence-electron chi connectivity index (χ0n) is 13.5. The molecule has 0 saturated carbocycles. The van der Waals surface area contributed by atoms with Crippen LogP contribution in [0.1, 0.15) is 28.8 Å². The van der Waals surface area contributed by atoms with Crippen LogP contribution in [-0.2, 0) is 10.0 Å². The van der Waals surface area contributed by atoms with E-state index >= 15 is 0 Å². The van der Waals surface area contributed by atoms with Gasteiger partial charge >= 0.3 is 0 Å². The molecule has 1 aliphatic heterocycles. The minimum Gasteiger partial charge on any atom is -0.348 e. The lowest BCUT2D eigenvalue weighted by molar-refractivity contribution is 0.0931. The number of aromatic nitrogens is 1. The number of piperidine rings is 1. The summed E-state index contributed by atoms with van der Waals surface area (Å²) in [6.07, 6.45) is 4.72. The predicted octanol–water partition coefficient (Wildman–Crippen LogP) is 1.52. The lowest BCUT2D eigenvalue weighted by Gasteiger charge is -2.23. The van der Waals surface area contributed by atoms with Crippen molar-refractivity contribution in [1.29, 1.82) is 0 Å². The van der Waals surface area contributed by atoms with Gasteiger partial charge in [0.1, 0.15) is 0 Å². The summed E-state index contributed by atoms with van der Waals surface area (Å²) >= 11 is 0. The Balaban J connectivity index is 1.76. The van der Waals surface area contributed by atoms with E-state index in [1.165, 1.54) is 18.5 Å². The monoisotopic (exact) mass is 347 g/mol. The molecule has 1 aliphatic rings. The number of amides is 1. The molecule has 0 radical (unpaired) electrons. The summed E-state index contributed by atoms with van der Waals surface area (Å²) in [7, 11) is -3.68. The van der Waals surface area contributed by atoms with Gasteiger partial charge in [-0.25, -0.2) is 12.4 Å². The smallest absolute Gasteiger partial charge is 0.267 e. The van der Waals surface area contributed by atoms with Gasteiger partial charge in [-0.1, -0.05) is 17.7 Å². The van der Waals surface area contributed by atoms with Crippen molar-refractivity contribution in [2.45, 2.75) is 30.7 Å². The molecule has 1 aromatic carbocycles. The number of benzene rings is 1. The number of hydrogen-bond acceptors (Lipinski definition) is 4. The van der Waals surface area contributed by atoms with Gasteiger partial charge in [-0.3, -0.25) is 4.79 Å². The van der Waals surface area contributed by atoms with Crippen LogP contribution in [0.3, 0.4) is 0 Å². The summed E-state index contributed by atoms with van der Waals surface area (Å²) in [6, 6.07) is 8.25. The highest BCUT2D eigenvalue weighted by Crippen LogP contribution is 2.16. The Hall–Kier alpha value is -2.12. The molecule has 1 saturated heterocycles. The van der Waals surface area contributed by atoms with E-state index in [1.54, 1.807) is 24.3 Å². The standard InChI is InChI=1S/C17H21N3O3S/c1-13-4-6-16(7-5-13)24(22,23)20-10-8-14(12-20)17(21)19-15-3-2-9-18-11-15/h4-8,10,12,15,18H,2-3,9,11H2,1H3,(H,19,21). The van der Waals surface area contributed by atoms with Crippen LogP contribution in [0.5, 0.6) is 0 Å². The highest BCUT2D eigenvalue weighted by Gasteiger charge is 2.20. The number of hydrogen-bond donors (Lipinski definition) is 2. The Morgan fingerprint density at radius 2 is 2.00 bits per heavy atom. The van der Waals surface area contributed by atoms with Crippen LogP contribution >= 0.6 is 0 Å². The molecule has 3 rings (SSSR count). The molecule has 7 heteroatoms. The number of carbonyl (C=O) groups is 1. The molecule has 1 fully saturated rings. The van der Waals surface area contributed by atoms with E-state index in [1.807, 2.05) is 6.92 Å². The summed E-state index contributed by atoms with van der Waals surface area (Å²) in [5.74, 6) is -0.249. The van der Waals surface area contributed by atoms with Crippen molar-refractivity contribution in [3.05, 3.63) is 53.9 Å². The topological polar surface area (TPSA) is 80.2 Å². The zero-order valence-corrected chi connectivity index (χ0v) is 14.3. The van der Waals surface area contributed by atoms with Crippen LogP contribution in [0.4, 0.5) is 0 Å². The van der Waals surface area contributed by atoms with Gasteiger partial charge in [0, 0.05) is 25.0 Å². The first-order valence-electron chi connectivity index (χ1n) is 7.98. The van der Waals surface area contributed by atoms with Crippen LogP contribution in [0.15, 0.2) is 47.6 Å². The van der Waals surface area contributed by atoms with Gasteiger partial charge in [0.25, 0.3) is 15.9 Å². The number of aryl methyl sites for hydroxylation is 1. The molecule has 1 atom stereocenters. The van der Waals surface area contributed by atoms with Crippen LogP contribution in [0, 0.1) is 6.92 Å². The van der Waals surface area contributed by atoms with Gasteiger partial charge in [-0.2, -0.15) is 0 Å². The fourth-order valence-electron chi connectivity index (χ4n) is 2.74. The average Bonchev–Trinajstić information content (AvgIpc) is 3.07. The van der Waals surface area contributed by atoms with Gasteiger partial charge in [-0.05, 0) is 44.5 Å². The van der Waals surface area contributed by atoms with E-state index < -0.39 is 10.0 Å². The quantitative estimate of drug-likeness (QED) is 0.879. The van der Waals surface area contributed by atoms with Crippen molar-refractivity contribution < 1.29 is 13.2 Å². The van der Waals surface area contributed by atoms with Crippen molar-refractivity contribution in [2.75, 3.05) is 13.1 Å². The minimum atomic E-state index is -3.68. The molecule has 128 valence electrons. The van der Waals surface area contributed by atoms with Gasteiger partial charge in [0.15, 0.2) is 0 Å².